The molecule has 36 heavy (non-hydrogen) atoms. The molecule has 6 nitrogen and oxygen atoms in total. The highest BCUT2D eigenvalue weighted by atomic mass is 16.5. The highest BCUT2D eigenvalue weighted by Gasteiger charge is 2.34. The van der Waals surface area contributed by atoms with Crippen LogP contribution in [0.15, 0.2) is 114 Å². The Morgan fingerprint density at radius 2 is 1.39 bits per heavy atom. The summed E-state index contributed by atoms with van der Waals surface area (Å²) >= 11 is 0. The van der Waals surface area contributed by atoms with Gasteiger partial charge in [0.1, 0.15) is 6.04 Å². The number of rotatable bonds is 6. The highest BCUT2D eigenvalue weighted by Crippen LogP contribution is 2.28. The van der Waals surface area contributed by atoms with Crippen molar-refractivity contribution in [2.45, 2.75) is 12.5 Å². The summed E-state index contributed by atoms with van der Waals surface area (Å²) in [6.45, 7) is 0.114. The van der Waals surface area contributed by atoms with Crippen molar-refractivity contribution in [2.75, 3.05) is 6.54 Å². The van der Waals surface area contributed by atoms with Gasteiger partial charge < -0.3 is 4.90 Å². The van der Waals surface area contributed by atoms with Crippen LogP contribution >= 0.6 is 0 Å². The number of hydroxylamine groups is 1. The van der Waals surface area contributed by atoms with Gasteiger partial charge in [0.15, 0.2) is 0 Å². The summed E-state index contributed by atoms with van der Waals surface area (Å²) < 4.78 is 0. The Morgan fingerprint density at radius 1 is 0.806 bits per heavy atom. The smallest absolute Gasteiger partial charge is 0.266 e. The van der Waals surface area contributed by atoms with E-state index in [1.807, 2.05) is 78.9 Å². The number of hydrogen-bond donors (Lipinski definition) is 2. The summed E-state index contributed by atoms with van der Waals surface area (Å²) in [6, 6.07) is 33.7. The van der Waals surface area contributed by atoms with Crippen LogP contribution in [0, 0.1) is 0 Å². The quantitative estimate of drug-likeness (QED) is 0.303. The molecule has 4 aromatic carbocycles. The lowest BCUT2D eigenvalue weighted by atomic mass is 10.00. The normalized spacial score (nSPS) is 13.9. The molecule has 1 atom stereocenters. The van der Waals surface area contributed by atoms with Gasteiger partial charge in [-0.2, -0.15) is 0 Å². The standard InChI is InChI=1S/C30H25N3O3/c34-29(32-36)28(19-21-9-3-1-4-10-21)33-20-27(31-26-14-8-7-13-25(26)30(33)35)24-17-15-23(16-18-24)22-11-5-2-6-12-22/h1-18,28,36H,19-20H2,(H,32,34). The summed E-state index contributed by atoms with van der Waals surface area (Å²) in [7, 11) is 0. The van der Waals surface area contributed by atoms with E-state index < -0.39 is 11.9 Å². The van der Waals surface area contributed by atoms with Crippen LogP contribution in [0.4, 0.5) is 5.69 Å². The third kappa shape index (κ3) is 4.80. The van der Waals surface area contributed by atoms with Crippen molar-refractivity contribution >= 4 is 23.2 Å². The van der Waals surface area contributed by atoms with E-state index in [2.05, 4.69) is 12.1 Å². The fourth-order valence-corrected chi connectivity index (χ4v) is 4.47. The minimum absolute atomic E-state index is 0.114. The van der Waals surface area contributed by atoms with Crippen LogP contribution in [-0.4, -0.2) is 40.2 Å². The molecule has 0 aromatic heterocycles. The van der Waals surface area contributed by atoms with E-state index in [0.717, 1.165) is 22.3 Å². The molecule has 1 aliphatic rings. The lowest BCUT2D eigenvalue weighted by Gasteiger charge is -2.30. The molecule has 6 heteroatoms. The Morgan fingerprint density at radius 3 is 2.08 bits per heavy atom. The fourth-order valence-electron chi connectivity index (χ4n) is 4.47. The van der Waals surface area contributed by atoms with Crippen molar-refractivity contribution in [3.8, 4) is 11.1 Å². The maximum absolute atomic E-state index is 13.7. The van der Waals surface area contributed by atoms with E-state index in [1.165, 1.54) is 4.90 Å². The first-order chi connectivity index (χ1) is 17.6. The number of amides is 2. The van der Waals surface area contributed by atoms with Crippen molar-refractivity contribution in [3.05, 3.63) is 126 Å². The highest BCUT2D eigenvalue weighted by molar-refractivity contribution is 6.11. The Kier molecular flexibility index (Phi) is 6.69. The molecule has 0 spiro atoms. The number of hydrogen-bond acceptors (Lipinski definition) is 4. The first kappa shape index (κ1) is 23.2. The van der Waals surface area contributed by atoms with Crippen LogP contribution in [0.5, 0.6) is 0 Å². The second-order valence-corrected chi connectivity index (χ2v) is 8.63. The average Bonchev–Trinajstić information content (AvgIpc) is 3.09. The van der Waals surface area contributed by atoms with E-state index in [0.29, 0.717) is 17.0 Å². The van der Waals surface area contributed by atoms with E-state index in [4.69, 9.17) is 4.99 Å². The number of carbonyl (C=O) groups excluding carboxylic acids is 2. The molecule has 2 amide bonds. The van der Waals surface area contributed by atoms with Crippen LogP contribution in [0.3, 0.4) is 0 Å². The van der Waals surface area contributed by atoms with Gasteiger partial charge >= 0.3 is 0 Å². The Bertz CT molecular complexity index is 1400. The number of benzene rings is 4. The van der Waals surface area contributed by atoms with E-state index in [1.54, 1.807) is 23.7 Å². The Labute approximate surface area is 209 Å². The second-order valence-electron chi connectivity index (χ2n) is 8.63. The lowest BCUT2D eigenvalue weighted by molar-refractivity contribution is -0.133. The van der Waals surface area contributed by atoms with Crippen molar-refractivity contribution in [2.24, 2.45) is 4.99 Å². The summed E-state index contributed by atoms with van der Waals surface area (Å²) in [5, 5.41) is 9.52. The molecule has 2 N–H and O–H groups in total. The maximum Gasteiger partial charge on any atom is 0.266 e. The van der Waals surface area contributed by atoms with Crippen LogP contribution in [0.2, 0.25) is 0 Å². The first-order valence-electron chi connectivity index (χ1n) is 11.8. The van der Waals surface area contributed by atoms with Gasteiger partial charge in [-0.25, -0.2) is 5.48 Å². The topological polar surface area (TPSA) is 82.0 Å². The molecular formula is C30H25N3O3. The maximum atomic E-state index is 13.7. The van der Waals surface area contributed by atoms with Crippen LogP contribution in [0.1, 0.15) is 21.5 Å². The van der Waals surface area contributed by atoms with Crippen molar-refractivity contribution in [3.63, 3.8) is 0 Å². The summed E-state index contributed by atoms with van der Waals surface area (Å²) in [5.41, 5.74) is 7.30. The molecule has 5 rings (SSSR count). The predicted octanol–water partition coefficient (Wildman–Crippen LogP) is 5.05. The Balaban J connectivity index is 1.54. The molecule has 4 aromatic rings. The zero-order valence-corrected chi connectivity index (χ0v) is 19.5. The van der Waals surface area contributed by atoms with Crippen molar-refractivity contribution in [1.29, 1.82) is 0 Å². The molecule has 0 radical (unpaired) electrons. The van der Waals surface area contributed by atoms with E-state index in [-0.39, 0.29) is 18.9 Å². The second kappa shape index (κ2) is 10.4. The van der Waals surface area contributed by atoms with E-state index in [9.17, 15) is 14.8 Å². The van der Waals surface area contributed by atoms with Crippen molar-refractivity contribution in [1.82, 2.24) is 10.4 Å². The monoisotopic (exact) mass is 475 g/mol. The predicted molar refractivity (Wildman–Crippen MR) is 139 cm³/mol. The SMILES string of the molecule is O=C(NO)C(Cc1ccccc1)N1CC(c2ccc(-c3ccccc3)cc2)=Nc2ccccc2C1=O. The van der Waals surface area contributed by atoms with Gasteiger partial charge in [0.05, 0.1) is 23.5 Å². The summed E-state index contributed by atoms with van der Waals surface area (Å²) in [6.07, 6.45) is 0.251. The average molecular weight is 476 g/mol. The summed E-state index contributed by atoms with van der Waals surface area (Å²) in [5.74, 6) is -0.958. The number of nitrogens with zero attached hydrogens (tertiary/aromatic N) is 2. The number of para-hydroxylation sites is 1. The van der Waals surface area contributed by atoms with Gasteiger partial charge in [0, 0.05) is 6.42 Å². The zero-order chi connectivity index (χ0) is 24.9. The number of aliphatic imine (C=N–C) groups is 1. The minimum Gasteiger partial charge on any atom is -0.320 e. The largest absolute Gasteiger partial charge is 0.320 e. The van der Waals surface area contributed by atoms with Gasteiger partial charge in [0.2, 0.25) is 0 Å². The summed E-state index contributed by atoms with van der Waals surface area (Å²) in [4.78, 5) is 32.9. The molecule has 1 aliphatic heterocycles. The molecule has 0 bridgehead atoms. The lowest BCUT2D eigenvalue weighted by Crippen LogP contribution is -2.51. The number of nitrogens with one attached hydrogen (secondary N) is 1. The number of carbonyl (C=O) groups is 2. The zero-order valence-electron chi connectivity index (χ0n) is 19.5. The van der Waals surface area contributed by atoms with Gasteiger partial charge in [-0.3, -0.25) is 19.8 Å². The number of fused-ring (bicyclic) bond motifs is 1. The molecular weight excluding hydrogens is 450 g/mol. The fraction of sp³-hybridized carbons (Fsp3) is 0.100. The van der Waals surface area contributed by atoms with Crippen LogP contribution in [0.25, 0.3) is 11.1 Å². The third-order valence-electron chi connectivity index (χ3n) is 6.36. The molecule has 0 fully saturated rings. The molecule has 0 saturated heterocycles. The van der Waals surface area contributed by atoms with Gasteiger partial charge in [0.25, 0.3) is 11.8 Å². The van der Waals surface area contributed by atoms with E-state index >= 15 is 0 Å². The van der Waals surface area contributed by atoms with Crippen LogP contribution < -0.4 is 5.48 Å². The van der Waals surface area contributed by atoms with Crippen molar-refractivity contribution < 1.29 is 14.8 Å². The Hall–Kier alpha value is -4.55. The molecule has 178 valence electrons. The van der Waals surface area contributed by atoms with Gasteiger partial charge in [-0.1, -0.05) is 97.1 Å². The first-order valence-corrected chi connectivity index (χ1v) is 11.8. The molecule has 1 unspecified atom stereocenters. The third-order valence-corrected chi connectivity index (χ3v) is 6.36. The van der Waals surface area contributed by atoms with Gasteiger partial charge in [-0.15, -0.1) is 0 Å². The molecule has 1 heterocycles. The van der Waals surface area contributed by atoms with Crippen LogP contribution in [-0.2, 0) is 11.2 Å². The molecule has 0 saturated carbocycles. The molecule has 0 aliphatic carbocycles. The van der Waals surface area contributed by atoms with Gasteiger partial charge in [-0.05, 0) is 34.4 Å². The minimum atomic E-state index is -0.926.